The largest absolute Gasteiger partial charge is 0.354 e. The third-order valence-electron chi connectivity index (χ3n) is 3.88. The minimum Gasteiger partial charge on any atom is -0.354 e. The monoisotopic (exact) mass is 341 g/mol. The van der Waals surface area contributed by atoms with Crippen molar-refractivity contribution in [3.63, 3.8) is 0 Å². The Bertz CT molecular complexity index is 486. The van der Waals surface area contributed by atoms with Gasteiger partial charge in [-0.1, -0.05) is 6.42 Å². The molecule has 1 aliphatic rings. The van der Waals surface area contributed by atoms with Gasteiger partial charge in [-0.3, -0.25) is 4.99 Å². The Labute approximate surface area is 142 Å². The molecule has 0 bridgehead atoms. The third-order valence-corrected chi connectivity index (χ3v) is 6.04. The molecule has 1 saturated carbocycles. The van der Waals surface area contributed by atoms with Crippen LogP contribution in [0.4, 0.5) is 5.13 Å². The average Bonchev–Trinajstić information content (AvgIpc) is 3.01. The number of guanidine groups is 1. The van der Waals surface area contributed by atoms with Gasteiger partial charge in [0.1, 0.15) is 0 Å². The lowest BCUT2D eigenvalue weighted by Crippen LogP contribution is -2.45. The molecule has 2 rings (SSSR count). The number of thiazole rings is 1. The van der Waals surface area contributed by atoms with E-state index in [1.807, 2.05) is 37.8 Å². The maximum atomic E-state index is 4.58. The summed E-state index contributed by atoms with van der Waals surface area (Å²) in [5.41, 5.74) is 1.06. The fourth-order valence-electron chi connectivity index (χ4n) is 2.64. The molecule has 2 atom stereocenters. The van der Waals surface area contributed by atoms with Crippen LogP contribution in [0.1, 0.15) is 31.4 Å². The van der Waals surface area contributed by atoms with Gasteiger partial charge in [-0.15, -0.1) is 11.3 Å². The molecule has 0 saturated heterocycles. The summed E-state index contributed by atoms with van der Waals surface area (Å²) in [7, 11) is 5.86. The number of rotatable bonds is 5. The standard InChI is InChI=1S/C15H27N5S2/c1-16-14(18-11-6-5-7-13(8-11)21-4)17-9-12-10-22-15(19-12)20(2)3/h10-11,13H,5-9H2,1-4H3,(H2,16,17,18). The lowest BCUT2D eigenvalue weighted by Gasteiger charge is -2.29. The molecule has 1 heterocycles. The van der Waals surface area contributed by atoms with Gasteiger partial charge in [0.05, 0.1) is 12.2 Å². The highest BCUT2D eigenvalue weighted by molar-refractivity contribution is 7.99. The number of nitrogens with one attached hydrogen (secondary N) is 2. The van der Waals surface area contributed by atoms with E-state index in [2.05, 4.69) is 32.2 Å². The summed E-state index contributed by atoms with van der Waals surface area (Å²) in [5, 5.41) is 10.9. The molecule has 0 radical (unpaired) electrons. The maximum absolute atomic E-state index is 4.58. The lowest BCUT2D eigenvalue weighted by molar-refractivity contribution is 0.419. The number of aromatic nitrogens is 1. The van der Waals surface area contributed by atoms with E-state index in [1.165, 1.54) is 25.7 Å². The molecule has 0 spiro atoms. The van der Waals surface area contributed by atoms with Gasteiger partial charge in [0, 0.05) is 37.8 Å². The number of thioether (sulfide) groups is 1. The fraction of sp³-hybridized carbons (Fsp3) is 0.733. The predicted octanol–water partition coefficient (Wildman–Crippen LogP) is 2.55. The predicted molar refractivity (Wildman–Crippen MR) is 99.3 cm³/mol. The van der Waals surface area contributed by atoms with E-state index < -0.39 is 0 Å². The van der Waals surface area contributed by atoms with Crippen molar-refractivity contribution < 1.29 is 0 Å². The molecule has 7 heteroatoms. The molecular formula is C15H27N5S2. The van der Waals surface area contributed by atoms with Crippen molar-refractivity contribution in [1.82, 2.24) is 15.6 Å². The first kappa shape index (κ1) is 17.4. The second-order valence-electron chi connectivity index (χ2n) is 5.81. The average molecular weight is 342 g/mol. The summed E-state index contributed by atoms with van der Waals surface area (Å²) >= 11 is 3.65. The van der Waals surface area contributed by atoms with Crippen LogP contribution in [0, 0.1) is 0 Å². The normalized spacial score (nSPS) is 22.5. The van der Waals surface area contributed by atoms with Crippen LogP contribution in [0.3, 0.4) is 0 Å². The minimum atomic E-state index is 0.533. The van der Waals surface area contributed by atoms with E-state index >= 15 is 0 Å². The van der Waals surface area contributed by atoms with Crippen LogP contribution in [0.25, 0.3) is 0 Å². The molecule has 0 amide bonds. The first-order valence-electron chi connectivity index (χ1n) is 7.74. The summed E-state index contributed by atoms with van der Waals surface area (Å²) in [5.74, 6) is 0.881. The molecule has 1 aromatic heterocycles. The number of anilines is 1. The van der Waals surface area contributed by atoms with Crippen molar-refractivity contribution >= 4 is 34.2 Å². The van der Waals surface area contributed by atoms with Gasteiger partial charge < -0.3 is 15.5 Å². The van der Waals surface area contributed by atoms with E-state index in [0.717, 1.165) is 22.0 Å². The molecule has 0 aliphatic heterocycles. The van der Waals surface area contributed by atoms with Crippen molar-refractivity contribution in [3.05, 3.63) is 11.1 Å². The van der Waals surface area contributed by atoms with Crippen LogP contribution in [0.15, 0.2) is 10.4 Å². The van der Waals surface area contributed by atoms with Crippen LogP contribution < -0.4 is 15.5 Å². The summed E-state index contributed by atoms with van der Waals surface area (Å²) in [6, 6.07) is 0.533. The number of hydrogen-bond acceptors (Lipinski definition) is 5. The molecule has 1 fully saturated rings. The SMILES string of the molecule is CN=C(NCc1csc(N(C)C)n1)NC1CCCC(SC)C1. The molecule has 124 valence electrons. The number of aliphatic imine (C=N–C) groups is 1. The van der Waals surface area contributed by atoms with Gasteiger partial charge in [0.15, 0.2) is 11.1 Å². The second kappa shape index (κ2) is 8.62. The molecule has 1 aromatic rings. The first-order chi connectivity index (χ1) is 10.6. The Morgan fingerprint density at radius 1 is 1.50 bits per heavy atom. The Morgan fingerprint density at radius 2 is 2.32 bits per heavy atom. The van der Waals surface area contributed by atoms with Gasteiger partial charge in [-0.25, -0.2) is 4.98 Å². The number of nitrogens with zero attached hydrogens (tertiary/aromatic N) is 3. The smallest absolute Gasteiger partial charge is 0.191 e. The van der Waals surface area contributed by atoms with Gasteiger partial charge in [-0.05, 0) is 25.5 Å². The molecule has 2 unspecified atom stereocenters. The highest BCUT2D eigenvalue weighted by Crippen LogP contribution is 2.26. The quantitative estimate of drug-likeness (QED) is 0.637. The summed E-state index contributed by atoms with van der Waals surface area (Å²) < 4.78 is 0. The Balaban J connectivity index is 1.81. The molecule has 0 aromatic carbocycles. The van der Waals surface area contributed by atoms with E-state index in [-0.39, 0.29) is 0 Å². The van der Waals surface area contributed by atoms with Crippen molar-refractivity contribution in [2.75, 3.05) is 32.3 Å². The van der Waals surface area contributed by atoms with Crippen molar-refractivity contribution in [2.45, 2.75) is 43.5 Å². The summed E-state index contributed by atoms with van der Waals surface area (Å²) in [6.45, 7) is 0.711. The highest BCUT2D eigenvalue weighted by Gasteiger charge is 2.21. The maximum Gasteiger partial charge on any atom is 0.191 e. The second-order valence-corrected chi connectivity index (χ2v) is 7.78. The zero-order valence-electron chi connectivity index (χ0n) is 13.9. The third kappa shape index (κ3) is 5.05. The molecular weight excluding hydrogens is 314 g/mol. The highest BCUT2D eigenvalue weighted by atomic mass is 32.2. The fourth-order valence-corrected chi connectivity index (χ4v) is 4.22. The van der Waals surface area contributed by atoms with Gasteiger partial charge in [0.25, 0.3) is 0 Å². The Morgan fingerprint density at radius 3 is 2.95 bits per heavy atom. The van der Waals surface area contributed by atoms with Crippen LogP contribution in [-0.4, -0.2) is 49.6 Å². The van der Waals surface area contributed by atoms with Gasteiger partial charge in [-0.2, -0.15) is 11.8 Å². The van der Waals surface area contributed by atoms with Crippen molar-refractivity contribution in [3.8, 4) is 0 Å². The van der Waals surface area contributed by atoms with Crippen LogP contribution >= 0.6 is 23.1 Å². The zero-order chi connectivity index (χ0) is 15.9. The summed E-state index contributed by atoms with van der Waals surface area (Å²) in [6.07, 6.45) is 7.32. The molecule has 1 aliphatic carbocycles. The zero-order valence-corrected chi connectivity index (χ0v) is 15.6. The van der Waals surface area contributed by atoms with E-state index in [4.69, 9.17) is 0 Å². The lowest BCUT2D eigenvalue weighted by atomic mass is 9.95. The topological polar surface area (TPSA) is 52.6 Å². The van der Waals surface area contributed by atoms with E-state index in [9.17, 15) is 0 Å². The van der Waals surface area contributed by atoms with Crippen LogP contribution in [-0.2, 0) is 6.54 Å². The molecule has 22 heavy (non-hydrogen) atoms. The van der Waals surface area contributed by atoms with Crippen LogP contribution in [0.5, 0.6) is 0 Å². The van der Waals surface area contributed by atoms with Crippen LogP contribution in [0.2, 0.25) is 0 Å². The van der Waals surface area contributed by atoms with Gasteiger partial charge in [0.2, 0.25) is 0 Å². The molecule has 5 nitrogen and oxygen atoms in total. The minimum absolute atomic E-state index is 0.533. The first-order valence-corrected chi connectivity index (χ1v) is 9.90. The Kier molecular flexibility index (Phi) is 6.82. The molecule has 2 N–H and O–H groups in total. The summed E-state index contributed by atoms with van der Waals surface area (Å²) in [4.78, 5) is 11.0. The van der Waals surface area contributed by atoms with Gasteiger partial charge >= 0.3 is 0 Å². The number of hydrogen-bond donors (Lipinski definition) is 2. The Hall–Kier alpha value is -0.950. The van der Waals surface area contributed by atoms with Crippen molar-refractivity contribution in [1.29, 1.82) is 0 Å². The van der Waals surface area contributed by atoms with E-state index in [1.54, 1.807) is 11.3 Å². The van der Waals surface area contributed by atoms with E-state index in [0.29, 0.717) is 12.6 Å². The van der Waals surface area contributed by atoms with Crippen molar-refractivity contribution in [2.24, 2.45) is 4.99 Å².